The van der Waals surface area contributed by atoms with Gasteiger partial charge in [-0.05, 0) is 44.5 Å². The van der Waals surface area contributed by atoms with Gasteiger partial charge in [0.1, 0.15) is 11.6 Å². The molecule has 0 aromatic carbocycles. The van der Waals surface area contributed by atoms with Crippen LogP contribution in [0.2, 0.25) is 0 Å². The van der Waals surface area contributed by atoms with Crippen molar-refractivity contribution in [3.8, 4) is 11.4 Å². The van der Waals surface area contributed by atoms with Crippen LogP contribution in [0.1, 0.15) is 25.5 Å². The number of hydrogen-bond donors (Lipinski definition) is 1. The molecule has 2 aromatic heterocycles. The third-order valence-corrected chi connectivity index (χ3v) is 5.69. The molecular formula is C21H28N6O2. The number of amides is 1. The second-order valence-electron chi connectivity index (χ2n) is 7.70. The van der Waals surface area contributed by atoms with Gasteiger partial charge < -0.3 is 14.8 Å². The van der Waals surface area contributed by atoms with Crippen LogP contribution in [0.3, 0.4) is 0 Å². The molecule has 0 bridgehead atoms. The van der Waals surface area contributed by atoms with Crippen LogP contribution >= 0.6 is 0 Å². The number of H-pyrrole nitrogens is 1. The molecule has 1 amide bonds. The van der Waals surface area contributed by atoms with E-state index in [-0.39, 0.29) is 11.5 Å². The van der Waals surface area contributed by atoms with Crippen molar-refractivity contribution < 1.29 is 4.79 Å². The summed E-state index contributed by atoms with van der Waals surface area (Å²) < 4.78 is 0. The van der Waals surface area contributed by atoms with Crippen molar-refractivity contribution in [1.82, 2.24) is 24.8 Å². The number of aromatic nitrogens is 3. The zero-order valence-electron chi connectivity index (χ0n) is 16.9. The standard InChI is InChI=1S/C21H28N6O2/c1-2-17-13-19(28)24-21(23-17)16-5-6-18(22-14-16)26-9-11-27(12-10-26)20(29)15-25-7-3-4-8-25/h5-6,13-14H,2-4,7-12,15H2,1H3,(H,23,24,28). The van der Waals surface area contributed by atoms with Crippen molar-refractivity contribution in [2.45, 2.75) is 26.2 Å². The number of carbonyl (C=O) groups is 1. The Bertz CT molecular complexity index is 896. The Hall–Kier alpha value is -2.74. The minimum absolute atomic E-state index is 0.148. The summed E-state index contributed by atoms with van der Waals surface area (Å²) in [5, 5.41) is 0. The van der Waals surface area contributed by atoms with Gasteiger partial charge in [0.15, 0.2) is 0 Å². The van der Waals surface area contributed by atoms with Gasteiger partial charge in [0.05, 0.1) is 6.54 Å². The van der Waals surface area contributed by atoms with Crippen molar-refractivity contribution in [2.24, 2.45) is 0 Å². The smallest absolute Gasteiger partial charge is 0.251 e. The SMILES string of the molecule is CCc1cc(=O)[nH]c(-c2ccc(N3CCN(C(=O)CN4CCCC4)CC3)nc2)n1. The highest BCUT2D eigenvalue weighted by Crippen LogP contribution is 2.19. The van der Waals surface area contributed by atoms with Gasteiger partial charge in [-0.1, -0.05) is 6.92 Å². The molecule has 2 aliphatic heterocycles. The van der Waals surface area contributed by atoms with Gasteiger partial charge in [-0.15, -0.1) is 0 Å². The average molecular weight is 396 g/mol. The van der Waals surface area contributed by atoms with Crippen molar-refractivity contribution in [3.05, 3.63) is 40.4 Å². The zero-order valence-corrected chi connectivity index (χ0v) is 16.9. The number of likely N-dealkylation sites (tertiary alicyclic amines) is 1. The van der Waals surface area contributed by atoms with Crippen LogP contribution in [0.25, 0.3) is 11.4 Å². The van der Waals surface area contributed by atoms with Crippen molar-refractivity contribution in [1.29, 1.82) is 0 Å². The number of pyridine rings is 1. The van der Waals surface area contributed by atoms with Crippen molar-refractivity contribution in [3.63, 3.8) is 0 Å². The molecule has 0 unspecified atom stereocenters. The number of aryl methyl sites for hydroxylation is 1. The maximum Gasteiger partial charge on any atom is 0.251 e. The van der Waals surface area contributed by atoms with Gasteiger partial charge >= 0.3 is 0 Å². The van der Waals surface area contributed by atoms with Gasteiger partial charge in [0, 0.05) is 49.7 Å². The third-order valence-electron chi connectivity index (χ3n) is 5.69. The number of anilines is 1. The first kappa shape index (κ1) is 19.6. The first-order valence-corrected chi connectivity index (χ1v) is 10.4. The number of piperazine rings is 1. The summed E-state index contributed by atoms with van der Waals surface area (Å²) in [4.78, 5) is 42.5. The van der Waals surface area contributed by atoms with Gasteiger partial charge in [-0.2, -0.15) is 0 Å². The molecule has 29 heavy (non-hydrogen) atoms. The number of nitrogens with zero attached hydrogens (tertiary/aromatic N) is 5. The van der Waals surface area contributed by atoms with Crippen LogP contribution in [-0.4, -0.2) is 76.5 Å². The lowest BCUT2D eigenvalue weighted by atomic mass is 10.2. The largest absolute Gasteiger partial charge is 0.353 e. The summed E-state index contributed by atoms with van der Waals surface area (Å²) in [5.41, 5.74) is 1.41. The van der Waals surface area contributed by atoms with E-state index in [2.05, 4.69) is 24.8 Å². The molecule has 8 heteroatoms. The highest BCUT2D eigenvalue weighted by Gasteiger charge is 2.24. The Labute approximate surface area is 170 Å². The predicted molar refractivity (Wildman–Crippen MR) is 112 cm³/mol. The number of carbonyl (C=O) groups excluding carboxylic acids is 1. The average Bonchev–Trinajstić information content (AvgIpc) is 3.26. The Balaban J connectivity index is 1.36. The predicted octanol–water partition coefficient (Wildman–Crippen LogP) is 1.14. The van der Waals surface area contributed by atoms with Crippen LogP contribution in [0, 0.1) is 0 Å². The zero-order chi connectivity index (χ0) is 20.2. The Morgan fingerprint density at radius 3 is 2.52 bits per heavy atom. The Morgan fingerprint density at radius 2 is 1.86 bits per heavy atom. The van der Waals surface area contributed by atoms with Gasteiger partial charge in [-0.3, -0.25) is 14.5 Å². The molecule has 2 aromatic rings. The molecule has 0 atom stereocenters. The molecule has 4 rings (SSSR count). The molecule has 0 saturated carbocycles. The minimum atomic E-state index is -0.148. The van der Waals surface area contributed by atoms with Gasteiger partial charge in [-0.25, -0.2) is 9.97 Å². The molecule has 2 fully saturated rings. The van der Waals surface area contributed by atoms with E-state index < -0.39 is 0 Å². The number of aromatic amines is 1. The van der Waals surface area contributed by atoms with E-state index in [1.54, 1.807) is 6.20 Å². The second kappa shape index (κ2) is 8.73. The molecule has 0 spiro atoms. The molecule has 2 saturated heterocycles. The molecule has 8 nitrogen and oxygen atoms in total. The molecule has 0 radical (unpaired) electrons. The molecule has 4 heterocycles. The fourth-order valence-corrected chi connectivity index (χ4v) is 3.96. The molecule has 2 aliphatic rings. The number of hydrogen-bond acceptors (Lipinski definition) is 6. The normalized spacial score (nSPS) is 17.7. The summed E-state index contributed by atoms with van der Waals surface area (Å²) in [6, 6.07) is 5.41. The number of nitrogens with one attached hydrogen (secondary N) is 1. The fourth-order valence-electron chi connectivity index (χ4n) is 3.96. The molecular weight excluding hydrogens is 368 g/mol. The number of rotatable bonds is 5. The van der Waals surface area contributed by atoms with E-state index in [4.69, 9.17) is 0 Å². The Morgan fingerprint density at radius 1 is 1.10 bits per heavy atom. The molecule has 1 N–H and O–H groups in total. The fraction of sp³-hybridized carbons (Fsp3) is 0.524. The van der Waals surface area contributed by atoms with Crippen LogP contribution < -0.4 is 10.5 Å². The molecule has 154 valence electrons. The van der Waals surface area contributed by atoms with Gasteiger partial charge in [0.25, 0.3) is 5.56 Å². The Kier molecular flexibility index (Phi) is 5.89. The topological polar surface area (TPSA) is 85.4 Å². The lowest BCUT2D eigenvalue weighted by Gasteiger charge is -2.36. The van der Waals surface area contributed by atoms with E-state index in [0.29, 0.717) is 18.8 Å². The monoisotopic (exact) mass is 396 g/mol. The van der Waals surface area contributed by atoms with E-state index >= 15 is 0 Å². The summed E-state index contributed by atoms with van der Waals surface area (Å²) in [5.74, 6) is 1.67. The first-order chi connectivity index (χ1) is 14.1. The van der Waals surface area contributed by atoms with E-state index in [1.165, 1.54) is 18.9 Å². The molecule has 0 aliphatic carbocycles. The maximum absolute atomic E-state index is 12.5. The van der Waals surface area contributed by atoms with Crippen molar-refractivity contribution in [2.75, 3.05) is 50.7 Å². The second-order valence-corrected chi connectivity index (χ2v) is 7.70. The van der Waals surface area contributed by atoms with E-state index in [9.17, 15) is 9.59 Å². The quantitative estimate of drug-likeness (QED) is 0.816. The van der Waals surface area contributed by atoms with Crippen LogP contribution in [-0.2, 0) is 11.2 Å². The summed E-state index contributed by atoms with van der Waals surface area (Å²) in [6.45, 7) is 7.62. The van der Waals surface area contributed by atoms with E-state index in [1.807, 2.05) is 24.0 Å². The summed E-state index contributed by atoms with van der Waals surface area (Å²) in [6.07, 6.45) is 4.87. The maximum atomic E-state index is 12.5. The summed E-state index contributed by atoms with van der Waals surface area (Å²) >= 11 is 0. The minimum Gasteiger partial charge on any atom is -0.353 e. The first-order valence-electron chi connectivity index (χ1n) is 10.4. The van der Waals surface area contributed by atoms with E-state index in [0.717, 1.165) is 56.3 Å². The van der Waals surface area contributed by atoms with Crippen LogP contribution in [0.5, 0.6) is 0 Å². The van der Waals surface area contributed by atoms with Gasteiger partial charge in [0.2, 0.25) is 5.91 Å². The highest BCUT2D eigenvalue weighted by atomic mass is 16.2. The van der Waals surface area contributed by atoms with Crippen LogP contribution in [0.15, 0.2) is 29.2 Å². The third kappa shape index (κ3) is 4.64. The van der Waals surface area contributed by atoms with Crippen molar-refractivity contribution >= 4 is 11.7 Å². The van der Waals surface area contributed by atoms with Crippen LogP contribution in [0.4, 0.5) is 5.82 Å². The lowest BCUT2D eigenvalue weighted by molar-refractivity contribution is -0.132. The highest BCUT2D eigenvalue weighted by molar-refractivity contribution is 5.78. The summed E-state index contributed by atoms with van der Waals surface area (Å²) in [7, 11) is 0. The lowest BCUT2D eigenvalue weighted by Crippen LogP contribution is -2.51.